The Labute approximate surface area is 167 Å². The van der Waals surface area contributed by atoms with Crippen LogP contribution in [0.4, 0.5) is 0 Å². The number of halogens is 1. The Balaban J connectivity index is 1.77. The van der Waals surface area contributed by atoms with Gasteiger partial charge in [0.15, 0.2) is 0 Å². The van der Waals surface area contributed by atoms with E-state index >= 15 is 0 Å². The molecule has 0 saturated carbocycles. The summed E-state index contributed by atoms with van der Waals surface area (Å²) in [5.41, 5.74) is 4.44. The highest BCUT2D eigenvalue weighted by molar-refractivity contribution is 6.67. The highest BCUT2D eigenvalue weighted by Gasteiger charge is 2.10. The highest BCUT2D eigenvalue weighted by Crippen LogP contribution is 2.27. The average molecular weight is 388 g/mol. The van der Waals surface area contributed by atoms with Gasteiger partial charge in [-0.3, -0.25) is 9.59 Å². The number of pyridine rings is 1. The van der Waals surface area contributed by atoms with Gasteiger partial charge in [-0.05, 0) is 76.5 Å². The molecule has 28 heavy (non-hydrogen) atoms. The molecule has 0 N–H and O–H groups in total. The van der Waals surface area contributed by atoms with E-state index in [1.54, 1.807) is 16.7 Å². The Morgan fingerprint density at radius 2 is 1.75 bits per heavy atom. The van der Waals surface area contributed by atoms with Gasteiger partial charge in [0.05, 0.1) is 6.54 Å². The first-order valence-corrected chi connectivity index (χ1v) is 9.39. The number of fused-ring (bicyclic) bond motifs is 1. The van der Waals surface area contributed by atoms with Crippen molar-refractivity contribution in [3.05, 3.63) is 106 Å². The summed E-state index contributed by atoms with van der Waals surface area (Å²) in [6, 6.07) is 23.0. The first kappa shape index (κ1) is 18.2. The number of hydrogen-bond donors (Lipinski definition) is 0. The van der Waals surface area contributed by atoms with Gasteiger partial charge in [0.25, 0.3) is 10.8 Å². The van der Waals surface area contributed by atoms with Gasteiger partial charge in [-0.1, -0.05) is 42.5 Å². The molecule has 3 nitrogen and oxygen atoms in total. The van der Waals surface area contributed by atoms with Gasteiger partial charge in [-0.25, -0.2) is 0 Å². The summed E-state index contributed by atoms with van der Waals surface area (Å²) in [6.07, 6.45) is 1.83. The predicted molar refractivity (Wildman–Crippen MR) is 114 cm³/mol. The number of aromatic nitrogens is 1. The topological polar surface area (TPSA) is 39.1 Å². The molecule has 3 aromatic carbocycles. The van der Waals surface area contributed by atoms with Crippen LogP contribution in [-0.2, 0) is 6.54 Å². The third-order valence-corrected chi connectivity index (χ3v) is 5.17. The molecule has 0 bridgehead atoms. The standard InChI is InChI=1S/C24H18ClNO2/c1-16-7-8-20(23(25)27)14-22(16)18-9-10-21-19(13-18)11-12-26(24(21)28)15-17-5-3-2-4-6-17/h2-14H,15H2,1H3. The number of aryl methyl sites for hydroxylation is 1. The summed E-state index contributed by atoms with van der Waals surface area (Å²) in [5.74, 6) is 0. The fourth-order valence-electron chi connectivity index (χ4n) is 3.42. The van der Waals surface area contributed by atoms with Crippen molar-refractivity contribution >= 4 is 27.6 Å². The highest BCUT2D eigenvalue weighted by atomic mass is 35.5. The Kier molecular flexibility index (Phi) is 4.84. The Bertz CT molecular complexity index is 1240. The van der Waals surface area contributed by atoms with E-state index in [0.717, 1.165) is 27.6 Å². The summed E-state index contributed by atoms with van der Waals surface area (Å²) < 4.78 is 1.72. The molecule has 138 valence electrons. The second-order valence-electron chi connectivity index (χ2n) is 6.84. The summed E-state index contributed by atoms with van der Waals surface area (Å²) >= 11 is 5.63. The zero-order valence-corrected chi connectivity index (χ0v) is 16.1. The fourth-order valence-corrected chi connectivity index (χ4v) is 3.53. The molecule has 1 heterocycles. The van der Waals surface area contributed by atoms with E-state index in [4.69, 9.17) is 11.6 Å². The number of carbonyl (C=O) groups is 1. The van der Waals surface area contributed by atoms with Gasteiger partial charge >= 0.3 is 0 Å². The molecule has 0 spiro atoms. The second-order valence-corrected chi connectivity index (χ2v) is 7.18. The smallest absolute Gasteiger partial charge is 0.258 e. The summed E-state index contributed by atoms with van der Waals surface area (Å²) in [5, 5.41) is 1.06. The van der Waals surface area contributed by atoms with Crippen LogP contribution >= 0.6 is 11.6 Å². The Hall–Kier alpha value is -3.17. The molecule has 4 rings (SSSR count). The molecule has 0 atom stereocenters. The molecule has 4 heteroatoms. The van der Waals surface area contributed by atoms with Crippen molar-refractivity contribution < 1.29 is 4.79 Å². The number of carbonyl (C=O) groups excluding carboxylic acids is 1. The monoisotopic (exact) mass is 387 g/mol. The van der Waals surface area contributed by atoms with Crippen LogP contribution in [0.3, 0.4) is 0 Å². The van der Waals surface area contributed by atoms with Crippen molar-refractivity contribution in [2.75, 3.05) is 0 Å². The lowest BCUT2D eigenvalue weighted by molar-refractivity contribution is 0.108. The van der Waals surface area contributed by atoms with Crippen LogP contribution in [-0.4, -0.2) is 9.81 Å². The van der Waals surface area contributed by atoms with Crippen LogP contribution in [0.2, 0.25) is 0 Å². The van der Waals surface area contributed by atoms with E-state index in [0.29, 0.717) is 17.5 Å². The van der Waals surface area contributed by atoms with Gasteiger partial charge in [0.2, 0.25) is 0 Å². The maximum Gasteiger partial charge on any atom is 0.258 e. The molecular weight excluding hydrogens is 370 g/mol. The first-order chi connectivity index (χ1) is 13.5. The Morgan fingerprint density at radius 3 is 2.50 bits per heavy atom. The van der Waals surface area contributed by atoms with Crippen LogP contribution in [0.5, 0.6) is 0 Å². The number of rotatable bonds is 4. The maximum absolute atomic E-state index is 12.9. The van der Waals surface area contributed by atoms with Crippen LogP contribution in [0.15, 0.2) is 83.8 Å². The van der Waals surface area contributed by atoms with Crippen molar-refractivity contribution in [2.45, 2.75) is 13.5 Å². The molecule has 0 fully saturated rings. The molecule has 1 aromatic heterocycles. The third kappa shape index (κ3) is 3.49. The lowest BCUT2D eigenvalue weighted by Crippen LogP contribution is -2.19. The lowest BCUT2D eigenvalue weighted by atomic mass is 9.96. The van der Waals surface area contributed by atoms with E-state index in [2.05, 4.69) is 0 Å². The van der Waals surface area contributed by atoms with E-state index in [1.165, 1.54) is 0 Å². The first-order valence-electron chi connectivity index (χ1n) is 9.01. The quantitative estimate of drug-likeness (QED) is 0.439. The molecule has 4 aromatic rings. The van der Waals surface area contributed by atoms with Crippen molar-refractivity contribution in [2.24, 2.45) is 0 Å². The summed E-state index contributed by atoms with van der Waals surface area (Å²) in [7, 11) is 0. The van der Waals surface area contributed by atoms with Crippen LogP contribution in [0, 0.1) is 6.92 Å². The Morgan fingerprint density at radius 1 is 0.964 bits per heavy atom. The molecule has 0 saturated heterocycles. The van der Waals surface area contributed by atoms with Gasteiger partial charge < -0.3 is 4.57 Å². The number of hydrogen-bond acceptors (Lipinski definition) is 2. The van der Waals surface area contributed by atoms with Gasteiger partial charge in [0.1, 0.15) is 0 Å². The third-order valence-electron chi connectivity index (χ3n) is 4.95. The van der Waals surface area contributed by atoms with E-state index in [9.17, 15) is 9.59 Å². The van der Waals surface area contributed by atoms with Crippen molar-refractivity contribution in [3.63, 3.8) is 0 Å². The molecule has 0 aliphatic rings. The minimum Gasteiger partial charge on any atom is -0.311 e. The molecule has 0 amide bonds. The summed E-state index contributed by atoms with van der Waals surface area (Å²) in [6.45, 7) is 2.52. The maximum atomic E-state index is 12.9. The predicted octanol–water partition coefficient (Wildman–Crippen LogP) is 5.40. The normalized spacial score (nSPS) is 10.9. The minimum atomic E-state index is -0.481. The molecule has 0 radical (unpaired) electrons. The second kappa shape index (κ2) is 7.45. The molecule has 0 aliphatic heterocycles. The van der Waals surface area contributed by atoms with Gasteiger partial charge in [0, 0.05) is 17.1 Å². The van der Waals surface area contributed by atoms with E-state index in [1.807, 2.05) is 73.8 Å². The van der Waals surface area contributed by atoms with Crippen LogP contribution in [0.1, 0.15) is 21.5 Å². The van der Waals surface area contributed by atoms with Crippen LogP contribution < -0.4 is 5.56 Å². The zero-order chi connectivity index (χ0) is 19.7. The average Bonchev–Trinajstić information content (AvgIpc) is 2.71. The minimum absolute atomic E-state index is 0.0192. The van der Waals surface area contributed by atoms with Crippen LogP contribution in [0.25, 0.3) is 21.9 Å². The molecule has 0 unspecified atom stereocenters. The summed E-state index contributed by atoms with van der Waals surface area (Å²) in [4.78, 5) is 24.4. The SMILES string of the molecule is Cc1ccc(C(=O)Cl)cc1-c1ccc2c(=O)n(Cc3ccccc3)ccc2c1. The van der Waals surface area contributed by atoms with Crippen molar-refractivity contribution in [1.29, 1.82) is 0 Å². The van der Waals surface area contributed by atoms with E-state index < -0.39 is 5.24 Å². The largest absolute Gasteiger partial charge is 0.311 e. The van der Waals surface area contributed by atoms with Gasteiger partial charge in [-0.15, -0.1) is 0 Å². The van der Waals surface area contributed by atoms with Crippen molar-refractivity contribution in [1.82, 2.24) is 4.57 Å². The molecular formula is C24H18ClNO2. The van der Waals surface area contributed by atoms with Crippen molar-refractivity contribution in [3.8, 4) is 11.1 Å². The zero-order valence-electron chi connectivity index (χ0n) is 15.4. The number of benzene rings is 3. The van der Waals surface area contributed by atoms with E-state index in [-0.39, 0.29) is 5.56 Å². The lowest BCUT2D eigenvalue weighted by Gasteiger charge is -2.11. The van der Waals surface area contributed by atoms with Gasteiger partial charge in [-0.2, -0.15) is 0 Å². The number of nitrogens with zero attached hydrogens (tertiary/aromatic N) is 1. The molecule has 0 aliphatic carbocycles. The fraction of sp³-hybridized carbons (Fsp3) is 0.0833.